The molecule has 0 unspecified atom stereocenters. The number of ether oxygens (including phenoxy) is 1. The number of nitrogens with zero attached hydrogens (tertiary/aromatic N) is 2. The van der Waals surface area contributed by atoms with Crippen molar-refractivity contribution in [3.8, 4) is 0 Å². The molecule has 0 aliphatic carbocycles. The molecule has 0 aliphatic rings. The zero-order valence-electron chi connectivity index (χ0n) is 13.0. The van der Waals surface area contributed by atoms with Gasteiger partial charge in [-0.1, -0.05) is 28.1 Å². The summed E-state index contributed by atoms with van der Waals surface area (Å²) in [6.45, 7) is 4.79. The summed E-state index contributed by atoms with van der Waals surface area (Å²) in [5, 5.41) is 7.86. The van der Waals surface area contributed by atoms with Crippen molar-refractivity contribution in [2.24, 2.45) is 0 Å². The zero-order chi connectivity index (χ0) is 16.1. The van der Waals surface area contributed by atoms with E-state index < -0.39 is 0 Å². The van der Waals surface area contributed by atoms with Gasteiger partial charge in [0, 0.05) is 28.4 Å². The highest BCUT2D eigenvalue weighted by Crippen LogP contribution is 2.12. The van der Waals surface area contributed by atoms with E-state index in [0.29, 0.717) is 30.2 Å². The highest BCUT2D eigenvalue weighted by atomic mass is 79.9. The first-order chi connectivity index (χ1) is 10.5. The third-order valence-electron chi connectivity index (χ3n) is 3.25. The van der Waals surface area contributed by atoms with Crippen LogP contribution in [0.15, 0.2) is 34.9 Å². The Bertz CT molecular complexity index is 727. The van der Waals surface area contributed by atoms with Gasteiger partial charge in [0.05, 0.1) is 13.2 Å². The van der Waals surface area contributed by atoms with Crippen LogP contribution in [-0.2, 0) is 17.9 Å². The topological polar surface area (TPSA) is 68.0 Å². The minimum atomic E-state index is 0. The van der Waals surface area contributed by atoms with Crippen LogP contribution < -0.4 is 22.5 Å². The molecular weight excluding hydrogens is 426 g/mol. The van der Waals surface area contributed by atoms with Gasteiger partial charge in [-0.3, -0.25) is 10.2 Å². The van der Waals surface area contributed by atoms with Crippen LogP contribution >= 0.6 is 15.9 Å². The molecule has 0 fully saturated rings. The second kappa shape index (κ2) is 9.10. The number of hydrogen-bond donors (Lipinski definition) is 1. The molecule has 7 heteroatoms. The maximum atomic E-state index is 12.3. The van der Waals surface area contributed by atoms with E-state index >= 15 is 0 Å². The lowest BCUT2D eigenvalue weighted by Crippen LogP contribution is -3.00. The van der Waals surface area contributed by atoms with Gasteiger partial charge in [-0.15, -0.1) is 0 Å². The van der Waals surface area contributed by atoms with Gasteiger partial charge < -0.3 is 26.3 Å². The van der Waals surface area contributed by atoms with Crippen molar-refractivity contribution in [3.63, 3.8) is 0 Å². The molecule has 0 amide bonds. The summed E-state index contributed by atoms with van der Waals surface area (Å²) < 4.78 is 8.03. The molecule has 0 saturated heterocycles. The van der Waals surface area contributed by atoms with E-state index in [-0.39, 0.29) is 34.8 Å². The number of nitrogens with one attached hydrogen (secondary N) is 1. The normalized spacial score (nSPS) is 10.2. The maximum Gasteiger partial charge on any atom is 0.182 e. The molecule has 2 aromatic rings. The van der Waals surface area contributed by atoms with E-state index in [1.165, 1.54) is 0 Å². The van der Waals surface area contributed by atoms with Crippen molar-refractivity contribution >= 4 is 21.7 Å². The molecule has 5 nitrogen and oxygen atoms in total. The molecular formula is C16H18Br2N3O2-. The fraction of sp³-hybridized carbons (Fsp3) is 0.312. The number of hydrogen-bond acceptors (Lipinski definition) is 4. The number of aromatic nitrogens is 2. The van der Waals surface area contributed by atoms with Crippen molar-refractivity contribution in [2.45, 2.75) is 27.0 Å². The summed E-state index contributed by atoms with van der Waals surface area (Å²) in [6, 6.07) is 7.26. The fourth-order valence-electron chi connectivity index (χ4n) is 2.00. The number of aryl methyl sites for hydroxylation is 1. The lowest BCUT2D eigenvalue weighted by Gasteiger charge is -2.12. The van der Waals surface area contributed by atoms with Crippen molar-refractivity contribution in [2.75, 3.05) is 6.61 Å². The molecule has 1 aromatic carbocycles. The Kier molecular flexibility index (Phi) is 7.81. The molecule has 1 heterocycles. The van der Waals surface area contributed by atoms with Crippen LogP contribution in [0.4, 0.5) is 0 Å². The van der Waals surface area contributed by atoms with Crippen LogP contribution in [0.25, 0.3) is 0 Å². The van der Waals surface area contributed by atoms with Crippen LogP contribution in [0, 0.1) is 12.3 Å². The Morgan fingerprint density at radius 2 is 2.00 bits per heavy atom. The molecule has 0 spiro atoms. The van der Waals surface area contributed by atoms with Crippen molar-refractivity contribution in [3.05, 3.63) is 57.4 Å². The van der Waals surface area contributed by atoms with Gasteiger partial charge in [0.2, 0.25) is 0 Å². The SMILES string of the molecule is CCOCc1cn(CC(=O)c2ccc(Br)cc2)c(C)nc1=N.[Br-]. The van der Waals surface area contributed by atoms with Gasteiger partial charge in [-0.25, -0.2) is 4.98 Å². The molecule has 2 rings (SSSR count). The Morgan fingerprint density at radius 1 is 1.35 bits per heavy atom. The van der Waals surface area contributed by atoms with Crippen molar-refractivity contribution in [1.82, 2.24) is 9.55 Å². The highest BCUT2D eigenvalue weighted by molar-refractivity contribution is 9.10. The predicted molar refractivity (Wildman–Crippen MR) is 86.6 cm³/mol. The van der Waals surface area contributed by atoms with Crippen LogP contribution in [0.5, 0.6) is 0 Å². The van der Waals surface area contributed by atoms with E-state index in [1.807, 2.05) is 19.1 Å². The molecule has 0 radical (unpaired) electrons. The summed E-state index contributed by atoms with van der Waals surface area (Å²) in [6.07, 6.45) is 1.77. The average Bonchev–Trinajstić information content (AvgIpc) is 2.49. The molecule has 23 heavy (non-hydrogen) atoms. The van der Waals surface area contributed by atoms with Crippen LogP contribution in [0.1, 0.15) is 28.7 Å². The number of Topliss-reactive ketones (excluding diaryl/α,β-unsaturated/α-hetero) is 1. The van der Waals surface area contributed by atoms with E-state index in [2.05, 4.69) is 20.9 Å². The summed E-state index contributed by atoms with van der Waals surface area (Å²) in [7, 11) is 0. The molecule has 0 aliphatic heterocycles. The molecule has 0 bridgehead atoms. The highest BCUT2D eigenvalue weighted by Gasteiger charge is 2.10. The Labute approximate surface area is 154 Å². The van der Waals surface area contributed by atoms with E-state index in [0.717, 1.165) is 4.47 Å². The average molecular weight is 444 g/mol. The number of benzene rings is 1. The first-order valence-electron chi connectivity index (χ1n) is 6.99. The zero-order valence-corrected chi connectivity index (χ0v) is 16.1. The van der Waals surface area contributed by atoms with Crippen molar-refractivity contribution < 1.29 is 26.5 Å². The second-order valence-corrected chi connectivity index (χ2v) is 5.77. The van der Waals surface area contributed by atoms with Gasteiger partial charge in [0.15, 0.2) is 11.3 Å². The summed E-state index contributed by atoms with van der Waals surface area (Å²) in [4.78, 5) is 16.5. The molecule has 1 aromatic heterocycles. The second-order valence-electron chi connectivity index (χ2n) is 4.86. The summed E-state index contributed by atoms with van der Waals surface area (Å²) in [5.74, 6) is 0.637. The molecule has 0 saturated carbocycles. The molecule has 124 valence electrons. The van der Waals surface area contributed by atoms with Gasteiger partial charge in [0.1, 0.15) is 5.82 Å². The molecule has 1 N–H and O–H groups in total. The number of carbonyl (C=O) groups is 1. The lowest BCUT2D eigenvalue weighted by molar-refractivity contribution is -0.0000134. The van der Waals surface area contributed by atoms with Crippen LogP contribution in [0.3, 0.4) is 0 Å². The number of carbonyl (C=O) groups excluding carboxylic acids is 1. The Balaban J connectivity index is 0.00000264. The Hall–Kier alpha value is -1.31. The van der Waals surface area contributed by atoms with E-state index in [1.54, 1.807) is 29.8 Å². The lowest BCUT2D eigenvalue weighted by atomic mass is 10.1. The van der Waals surface area contributed by atoms with E-state index in [9.17, 15) is 4.79 Å². The standard InChI is InChI=1S/C16H18BrN3O2.BrH/c1-3-22-10-13-8-20(11(2)19-16(13)18)9-15(21)12-4-6-14(17)7-5-12;/h4-8,18H,3,9-10H2,1-2H3;1H/p-1. The first-order valence-corrected chi connectivity index (χ1v) is 7.78. The summed E-state index contributed by atoms with van der Waals surface area (Å²) >= 11 is 3.35. The smallest absolute Gasteiger partial charge is 0.182 e. The Morgan fingerprint density at radius 3 is 2.61 bits per heavy atom. The third kappa shape index (κ3) is 5.37. The van der Waals surface area contributed by atoms with Gasteiger partial charge >= 0.3 is 0 Å². The van der Waals surface area contributed by atoms with Crippen molar-refractivity contribution in [1.29, 1.82) is 5.41 Å². The van der Waals surface area contributed by atoms with Gasteiger partial charge in [-0.2, -0.15) is 0 Å². The monoisotopic (exact) mass is 442 g/mol. The molecule has 0 atom stereocenters. The predicted octanol–water partition coefficient (Wildman–Crippen LogP) is -0.143. The van der Waals surface area contributed by atoms with Crippen LogP contribution in [-0.4, -0.2) is 21.9 Å². The summed E-state index contributed by atoms with van der Waals surface area (Å²) in [5.41, 5.74) is 1.52. The number of ketones is 1. The number of halogens is 2. The van der Waals surface area contributed by atoms with Crippen LogP contribution in [0.2, 0.25) is 0 Å². The third-order valence-corrected chi connectivity index (χ3v) is 3.78. The number of rotatable bonds is 6. The fourth-order valence-corrected chi connectivity index (χ4v) is 2.26. The minimum Gasteiger partial charge on any atom is -1.00 e. The van der Waals surface area contributed by atoms with Gasteiger partial charge in [-0.05, 0) is 26.0 Å². The first kappa shape index (κ1) is 19.7. The minimum absolute atomic E-state index is 0. The quantitative estimate of drug-likeness (QED) is 0.631. The van der Waals surface area contributed by atoms with E-state index in [4.69, 9.17) is 10.1 Å². The maximum absolute atomic E-state index is 12.3. The largest absolute Gasteiger partial charge is 1.00 e. The van der Waals surface area contributed by atoms with Gasteiger partial charge in [0.25, 0.3) is 0 Å².